The number of amides is 1. The third-order valence-corrected chi connectivity index (χ3v) is 6.15. The van der Waals surface area contributed by atoms with Crippen molar-refractivity contribution in [2.45, 2.75) is 58.5 Å². The van der Waals surface area contributed by atoms with E-state index < -0.39 is 0 Å². The summed E-state index contributed by atoms with van der Waals surface area (Å²) in [6.07, 6.45) is 7.02. The highest BCUT2D eigenvalue weighted by atomic mass is 16.2. The Morgan fingerprint density at radius 1 is 1.35 bits per heavy atom. The van der Waals surface area contributed by atoms with E-state index in [1.165, 1.54) is 12.8 Å². The van der Waals surface area contributed by atoms with E-state index in [1.54, 1.807) is 6.33 Å². The molecule has 3 rings (SSSR count). The Kier molecular flexibility index (Phi) is 6.29. The molecule has 26 heavy (non-hydrogen) atoms. The first kappa shape index (κ1) is 19.3. The molecule has 0 aliphatic carbocycles. The molecule has 2 aliphatic rings. The van der Waals surface area contributed by atoms with Crippen molar-refractivity contribution in [2.75, 3.05) is 39.8 Å². The fourth-order valence-electron chi connectivity index (χ4n) is 4.53. The molecule has 7 nitrogen and oxygen atoms in total. The van der Waals surface area contributed by atoms with E-state index in [0.717, 1.165) is 57.8 Å². The maximum absolute atomic E-state index is 12.9. The number of nitrogens with zero attached hydrogens (tertiary/aromatic N) is 5. The maximum atomic E-state index is 12.9. The summed E-state index contributed by atoms with van der Waals surface area (Å²) >= 11 is 0. The second-order valence-electron chi connectivity index (χ2n) is 8.07. The maximum Gasteiger partial charge on any atom is 0.237 e. The zero-order valence-corrected chi connectivity index (χ0v) is 16.6. The predicted molar refractivity (Wildman–Crippen MR) is 102 cm³/mol. The van der Waals surface area contributed by atoms with Gasteiger partial charge in [-0.15, -0.1) is 10.2 Å². The van der Waals surface area contributed by atoms with E-state index in [1.807, 2.05) is 4.57 Å². The first-order valence-electron chi connectivity index (χ1n) is 10.1. The molecule has 146 valence electrons. The van der Waals surface area contributed by atoms with E-state index >= 15 is 0 Å². The molecule has 1 N–H and O–H groups in total. The number of hydrogen-bond donors (Lipinski definition) is 1. The number of aryl methyl sites for hydroxylation is 1. The van der Waals surface area contributed by atoms with Crippen molar-refractivity contribution in [1.82, 2.24) is 29.9 Å². The van der Waals surface area contributed by atoms with E-state index in [2.05, 4.69) is 46.2 Å². The number of rotatable bonds is 7. The highest BCUT2D eigenvalue weighted by molar-refractivity contribution is 5.82. The van der Waals surface area contributed by atoms with Crippen molar-refractivity contribution in [1.29, 1.82) is 0 Å². The van der Waals surface area contributed by atoms with Gasteiger partial charge in [0.05, 0.1) is 6.04 Å². The Hall–Kier alpha value is -1.47. The molecule has 0 aromatic carbocycles. The second-order valence-corrected chi connectivity index (χ2v) is 8.07. The van der Waals surface area contributed by atoms with Gasteiger partial charge in [-0.1, -0.05) is 6.92 Å². The first-order valence-corrected chi connectivity index (χ1v) is 10.1. The predicted octanol–water partition coefficient (Wildman–Crippen LogP) is 1.15. The van der Waals surface area contributed by atoms with Gasteiger partial charge in [0, 0.05) is 26.1 Å². The van der Waals surface area contributed by atoms with Crippen LogP contribution in [-0.2, 0) is 17.8 Å². The summed E-state index contributed by atoms with van der Waals surface area (Å²) in [5.41, 5.74) is 0.339. The van der Waals surface area contributed by atoms with Crippen LogP contribution >= 0.6 is 0 Å². The van der Waals surface area contributed by atoms with Crippen LogP contribution in [0.3, 0.4) is 0 Å². The van der Waals surface area contributed by atoms with Gasteiger partial charge in [0.2, 0.25) is 5.91 Å². The summed E-state index contributed by atoms with van der Waals surface area (Å²) in [4.78, 5) is 17.7. The molecule has 7 heteroatoms. The highest BCUT2D eigenvalue weighted by Crippen LogP contribution is 2.43. The normalized spacial score (nSPS) is 23.6. The van der Waals surface area contributed by atoms with Gasteiger partial charge in [0.15, 0.2) is 0 Å². The van der Waals surface area contributed by atoms with Crippen LogP contribution in [0.2, 0.25) is 0 Å². The fraction of sp³-hybridized carbons (Fsp3) is 0.842. The Morgan fingerprint density at radius 2 is 2.12 bits per heavy atom. The molecule has 2 aliphatic heterocycles. The van der Waals surface area contributed by atoms with Gasteiger partial charge in [-0.25, -0.2) is 0 Å². The second kappa shape index (κ2) is 8.48. The summed E-state index contributed by atoms with van der Waals surface area (Å²) in [6, 6.07) is 0.0300. The minimum absolute atomic E-state index is 0.0300. The fourth-order valence-corrected chi connectivity index (χ4v) is 4.53. The summed E-state index contributed by atoms with van der Waals surface area (Å²) in [6.45, 7) is 10.2. The van der Waals surface area contributed by atoms with Gasteiger partial charge in [-0.05, 0) is 64.7 Å². The van der Waals surface area contributed by atoms with E-state index in [0.29, 0.717) is 12.0 Å². The van der Waals surface area contributed by atoms with E-state index in [4.69, 9.17) is 0 Å². The van der Waals surface area contributed by atoms with E-state index in [9.17, 15) is 4.79 Å². The average Bonchev–Trinajstić information content (AvgIpc) is 3.23. The number of carbonyl (C=O) groups is 1. The lowest BCUT2D eigenvalue weighted by Gasteiger charge is -2.37. The lowest BCUT2D eigenvalue weighted by atomic mass is 9.76. The van der Waals surface area contributed by atoms with Crippen LogP contribution in [0.15, 0.2) is 6.33 Å². The zero-order valence-electron chi connectivity index (χ0n) is 16.6. The third-order valence-electron chi connectivity index (χ3n) is 6.15. The van der Waals surface area contributed by atoms with Crippen molar-refractivity contribution in [2.24, 2.45) is 5.41 Å². The summed E-state index contributed by atoms with van der Waals surface area (Å²) in [5, 5.41) is 11.3. The molecule has 1 atom stereocenters. The molecule has 0 radical (unpaired) electrons. The Balaban J connectivity index is 1.56. The van der Waals surface area contributed by atoms with Gasteiger partial charge in [-0.2, -0.15) is 0 Å². The van der Waals surface area contributed by atoms with Crippen LogP contribution in [0.1, 0.15) is 45.4 Å². The first-order chi connectivity index (χ1) is 12.6. The number of piperidine rings is 1. The molecular formula is C19H34N6O. The molecule has 1 unspecified atom stereocenters. The number of carbonyl (C=O) groups excluding carboxylic acids is 1. The molecule has 1 aromatic heterocycles. The van der Waals surface area contributed by atoms with Crippen LogP contribution in [0.25, 0.3) is 0 Å². The van der Waals surface area contributed by atoms with Crippen LogP contribution in [0.4, 0.5) is 0 Å². The minimum atomic E-state index is 0.0300. The largest absolute Gasteiger partial charge is 0.354 e. The molecule has 3 heterocycles. The quantitative estimate of drug-likeness (QED) is 0.788. The molecule has 0 bridgehead atoms. The lowest BCUT2D eigenvalue weighted by molar-refractivity contribution is -0.125. The third kappa shape index (κ3) is 4.26. The van der Waals surface area contributed by atoms with Gasteiger partial charge in [-0.3, -0.25) is 9.69 Å². The Labute approximate surface area is 157 Å². The van der Waals surface area contributed by atoms with Crippen LogP contribution in [0, 0.1) is 5.41 Å². The monoisotopic (exact) mass is 362 g/mol. The minimum Gasteiger partial charge on any atom is -0.354 e. The smallest absolute Gasteiger partial charge is 0.237 e. The zero-order chi connectivity index (χ0) is 18.6. The topological polar surface area (TPSA) is 66.3 Å². The molecule has 1 spiro atoms. The van der Waals surface area contributed by atoms with Crippen molar-refractivity contribution in [3.8, 4) is 0 Å². The molecule has 1 aromatic rings. The van der Waals surface area contributed by atoms with Crippen molar-refractivity contribution in [3.05, 3.63) is 12.2 Å². The number of hydrogen-bond acceptors (Lipinski definition) is 5. The van der Waals surface area contributed by atoms with Gasteiger partial charge >= 0.3 is 0 Å². The lowest BCUT2D eigenvalue weighted by Crippen LogP contribution is -2.44. The molecule has 1 amide bonds. The Bertz CT molecular complexity index is 593. The van der Waals surface area contributed by atoms with Crippen LogP contribution < -0.4 is 5.32 Å². The van der Waals surface area contributed by atoms with Crippen molar-refractivity contribution in [3.63, 3.8) is 0 Å². The highest BCUT2D eigenvalue weighted by Gasteiger charge is 2.47. The molecular weight excluding hydrogens is 328 g/mol. The van der Waals surface area contributed by atoms with Crippen LogP contribution in [-0.4, -0.2) is 76.3 Å². The van der Waals surface area contributed by atoms with Crippen LogP contribution in [0.5, 0.6) is 0 Å². The molecule has 2 fully saturated rings. The number of likely N-dealkylation sites (tertiary alicyclic amines) is 2. The SMILES string of the molecule is CCCN1CC2(CCN(C)CC2)CC1C(=O)NCCc1nncn1CC. The molecule has 2 saturated heterocycles. The van der Waals surface area contributed by atoms with Crippen molar-refractivity contribution >= 4 is 5.91 Å². The Morgan fingerprint density at radius 3 is 2.81 bits per heavy atom. The van der Waals surface area contributed by atoms with Gasteiger partial charge < -0.3 is 14.8 Å². The summed E-state index contributed by atoms with van der Waals surface area (Å²) in [5.74, 6) is 1.13. The molecule has 0 saturated carbocycles. The van der Waals surface area contributed by atoms with E-state index in [-0.39, 0.29) is 11.9 Å². The van der Waals surface area contributed by atoms with Gasteiger partial charge in [0.25, 0.3) is 0 Å². The number of aromatic nitrogens is 3. The average molecular weight is 363 g/mol. The van der Waals surface area contributed by atoms with Gasteiger partial charge in [0.1, 0.15) is 12.2 Å². The van der Waals surface area contributed by atoms with Crippen molar-refractivity contribution < 1.29 is 4.79 Å². The number of nitrogens with one attached hydrogen (secondary N) is 1. The standard InChI is InChI=1S/C19H34N6O/c1-4-10-25-14-19(7-11-23(3)12-8-19)13-16(25)18(26)20-9-6-17-22-21-15-24(17)5-2/h15-16H,4-14H2,1-3H3,(H,20,26). The summed E-state index contributed by atoms with van der Waals surface area (Å²) < 4.78 is 2.03. The summed E-state index contributed by atoms with van der Waals surface area (Å²) in [7, 11) is 2.20.